The molecule has 0 fully saturated rings. The highest BCUT2D eigenvalue weighted by molar-refractivity contribution is 7.92. The van der Waals surface area contributed by atoms with Crippen molar-refractivity contribution in [3.8, 4) is 11.5 Å². The van der Waals surface area contributed by atoms with Gasteiger partial charge >= 0.3 is 0 Å². The molecule has 0 aromatic heterocycles. The minimum absolute atomic E-state index is 0.00314. The van der Waals surface area contributed by atoms with Gasteiger partial charge in [-0.3, -0.25) is 13.9 Å². The number of benzene rings is 3. The molecule has 0 heterocycles. The van der Waals surface area contributed by atoms with Crippen LogP contribution in [0.4, 0.5) is 5.69 Å². The number of ether oxygens (including phenoxy) is 2. The molecule has 3 aromatic rings. The molecule has 0 aliphatic heterocycles. The van der Waals surface area contributed by atoms with E-state index in [2.05, 4.69) is 5.32 Å². The van der Waals surface area contributed by atoms with Gasteiger partial charge in [-0.15, -0.1) is 0 Å². The van der Waals surface area contributed by atoms with Gasteiger partial charge < -0.3 is 19.7 Å². The van der Waals surface area contributed by atoms with Crippen molar-refractivity contribution >= 4 is 50.7 Å². The average molecular weight is 665 g/mol. The Balaban J connectivity index is 2.15. The molecule has 0 aliphatic rings. The zero-order valence-corrected chi connectivity index (χ0v) is 28.3. The second kappa shape index (κ2) is 15.0. The number of anilines is 1. The lowest BCUT2D eigenvalue weighted by Crippen LogP contribution is -2.53. The van der Waals surface area contributed by atoms with Crippen LogP contribution >= 0.6 is 23.2 Å². The summed E-state index contributed by atoms with van der Waals surface area (Å²) in [5.74, 6) is -0.352. The predicted octanol–water partition coefficient (Wildman–Crippen LogP) is 6.15. The van der Waals surface area contributed by atoms with Crippen molar-refractivity contribution in [1.29, 1.82) is 0 Å². The van der Waals surface area contributed by atoms with Crippen LogP contribution in [0.3, 0.4) is 0 Å². The molecular formula is C32H39Cl2N3O6S. The summed E-state index contributed by atoms with van der Waals surface area (Å²) in [5.41, 5.74) is 2.56. The number of hydrogen-bond acceptors (Lipinski definition) is 6. The van der Waals surface area contributed by atoms with Crippen LogP contribution in [0.25, 0.3) is 0 Å². The SMILES string of the molecule is CC[C@@H](C(=O)NC(C)C)N(Cc1ccc(Cl)c(Cl)c1)C(=O)CN(c1cc(C)cc(C)c1)S(=O)(=O)c1ccc(OC)c(OC)c1. The molecule has 0 spiro atoms. The van der Waals surface area contributed by atoms with Crippen molar-refractivity contribution in [1.82, 2.24) is 10.2 Å². The van der Waals surface area contributed by atoms with E-state index in [1.165, 1.54) is 37.3 Å². The third-order valence-electron chi connectivity index (χ3n) is 6.87. The first kappa shape index (κ1) is 35.0. The molecule has 3 rings (SSSR count). The second-order valence-corrected chi connectivity index (χ2v) is 13.4. The van der Waals surface area contributed by atoms with E-state index in [-0.39, 0.29) is 35.6 Å². The van der Waals surface area contributed by atoms with E-state index in [9.17, 15) is 18.0 Å². The summed E-state index contributed by atoms with van der Waals surface area (Å²) in [6.07, 6.45) is 0.289. The molecule has 1 atom stereocenters. The van der Waals surface area contributed by atoms with Gasteiger partial charge in [-0.05, 0) is 87.2 Å². The van der Waals surface area contributed by atoms with Crippen molar-refractivity contribution in [2.24, 2.45) is 0 Å². The van der Waals surface area contributed by atoms with Crippen LogP contribution in [-0.4, -0.2) is 58.0 Å². The number of hydrogen-bond donors (Lipinski definition) is 1. The molecule has 0 aliphatic carbocycles. The van der Waals surface area contributed by atoms with Gasteiger partial charge in [-0.2, -0.15) is 0 Å². The molecule has 0 radical (unpaired) electrons. The molecule has 238 valence electrons. The van der Waals surface area contributed by atoms with Crippen LogP contribution in [0.15, 0.2) is 59.5 Å². The number of aryl methyl sites for hydroxylation is 2. The topological polar surface area (TPSA) is 105 Å². The standard InChI is InChI=1S/C32H39Cl2N3O6S/c1-8-28(32(39)35-20(2)3)36(18-23-9-11-26(33)27(34)16-23)31(38)19-37(24-14-21(4)13-22(5)15-24)44(40,41)25-10-12-29(42-6)30(17-25)43-7/h9-17,20,28H,8,18-19H2,1-7H3,(H,35,39)/t28-/m0/s1. The maximum absolute atomic E-state index is 14.3. The summed E-state index contributed by atoms with van der Waals surface area (Å²) in [7, 11) is -1.46. The Morgan fingerprint density at radius 2 is 1.52 bits per heavy atom. The number of rotatable bonds is 13. The van der Waals surface area contributed by atoms with Crippen LogP contribution in [-0.2, 0) is 26.2 Å². The minimum atomic E-state index is -4.32. The van der Waals surface area contributed by atoms with Crippen LogP contribution in [0, 0.1) is 13.8 Å². The van der Waals surface area contributed by atoms with Crippen molar-refractivity contribution in [3.63, 3.8) is 0 Å². The van der Waals surface area contributed by atoms with E-state index >= 15 is 0 Å². The molecule has 0 unspecified atom stereocenters. The van der Waals surface area contributed by atoms with Crippen LogP contribution < -0.4 is 19.1 Å². The average Bonchev–Trinajstić information content (AvgIpc) is 2.96. The maximum atomic E-state index is 14.3. The zero-order chi connectivity index (χ0) is 32.8. The summed E-state index contributed by atoms with van der Waals surface area (Å²) >= 11 is 12.4. The quantitative estimate of drug-likeness (QED) is 0.235. The number of sulfonamides is 1. The Kier molecular flexibility index (Phi) is 11.9. The predicted molar refractivity (Wildman–Crippen MR) is 174 cm³/mol. The lowest BCUT2D eigenvalue weighted by atomic mass is 10.1. The van der Waals surface area contributed by atoms with E-state index < -0.39 is 28.5 Å². The summed E-state index contributed by atoms with van der Waals surface area (Å²) < 4.78 is 40.3. The fourth-order valence-electron chi connectivity index (χ4n) is 4.86. The monoisotopic (exact) mass is 663 g/mol. The first-order valence-electron chi connectivity index (χ1n) is 14.1. The van der Waals surface area contributed by atoms with E-state index in [0.717, 1.165) is 15.4 Å². The first-order valence-corrected chi connectivity index (χ1v) is 16.3. The molecular weight excluding hydrogens is 625 g/mol. The van der Waals surface area contributed by atoms with Crippen LogP contribution in [0.1, 0.15) is 43.9 Å². The highest BCUT2D eigenvalue weighted by atomic mass is 35.5. The first-order chi connectivity index (χ1) is 20.7. The summed E-state index contributed by atoms with van der Waals surface area (Å²) in [4.78, 5) is 28.9. The lowest BCUT2D eigenvalue weighted by Gasteiger charge is -2.33. The molecule has 9 nitrogen and oxygen atoms in total. The van der Waals surface area contributed by atoms with Gasteiger partial charge in [0, 0.05) is 18.7 Å². The number of carbonyl (C=O) groups is 2. The summed E-state index contributed by atoms with van der Waals surface area (Å²) in [5, 5.41) is 3.52. The molecule has 3 aromatic carbocycles. The van der Waals surface area contributed by atoms with E-state index in [0.29, 0.717) is 27.0 Å². The highest BCUT2D eigenvalue weighted by Gasteiger charge is 2.34. The molecule has 44 heavy (non-hydrogen) atoms. The Morgan fingerprint density at radius 3 is 2.07 bits per heavy atom. The Hall–Kier alpha value is -3.47. The largest absolute Gasteiger partial charge is 0.493 e. The van der Waals surface area contributed by atoms with Gasteiger partial charge in [-0.25, -0.2) is 8.42 Å². The van der Waals surface area contributed by atoms with Crippen LogP contribution in [0.5, 0.6) is 11.5 Å². The van der Waals surface area contributed by atoms with Crippen molar-refractivity contribution in [2.45, 2.75) is 64.6 Å². The van der Waals surface area contributed by atoms with Gasteiger partial charge in [0.2, 0.25) is 11.8 Å². The van der Waals surface area contributed by atoms with Crippen molar-refractivity contribution < 1.29 is 27.5 Å². The fraction of sp³-hybridized carbons (Fsp3) is 0.375. The maximum Gasteiger partial charge on any atom is 0.264 e. The number of methoxy groups -OCH3 is 2. The number of amides is 2. The van der Waals surface area contributed by atoms with Gasteiger partial charge in [0.25, 0.3) is 10.0 Å². The van der Waals surface area contributed by atoms with Gasteiger partial charge in [-0.1, -0.05) is 42.3 Å². The second-order valence-electron chi connectivity index (χ2n) is 10.7. The summed E-state index contributed by atoms with van der Waals surface area (Å²) in [6, 6.07) is 13.4. The number of carbonyl (C=O) groups excluding carboxylic acids is 2. The fourth-order valence-corrected chi connectivity index (χ4v) is 6.60. The Morgan fingerprint density at radius 1 is 0.886 bits per heavy atom. The molecule has 0 saturated carbocycles. The van der Waals surface area contributed by atoms with E-state index in [4.69, 9.17) is 32.7 Å². The molecule has 0 saturated heterocycles. The molecule has 2 amide bonds. The summed E-state index contributed by atoms with van der Waals surface area (Å²) in [6.45, 7) is 8.56. The third-order valence-corrected chi connectivity index (χ3v) is 9.38. The molecule has 1 N–H and O–H groups in total. The van der Waals surface area contributed by atoms with Gasteiger partial charge in [0.05, 0.1) is 34.8 Å². The number of nitrogens with one attached hydrogen (secondary N) is 1. The number of nitrogens with zero attached hydrogens (tertiary/aromatic N) is 2. The third kappa shape index (κ3) is 8.37. The Labute approximate surface area is 270 Å². The van der Waals surface area contributed by atoms with Crippen molar-refractivity contribution in [3.05, 3.63) is 81.3 Å². The van der Waals surface area contributed by atoms with Gasteiger partial charge in [0.1, 0.15) is 12.6 Å². The van der Waals surface area contributed by atoms with Gasteiger partial charge in [0.15, 0.2) is 11.5 Å². The Bertz CT molecular complexity index is 1590. The zero-order valence-electron chi connectivity index (χ0n) is 26.0. The van der Waals surface area contributed by atoms with E-state index in [1.54, 1.807) is 37.3 Å². The molecule has 12 heteroatoms. The highest BCUT2D eigenvalue weighted by Crippen LogP contribution is 2.33. The lowest BCUT2D eigenvalue weighted by molar-refractivity contribution is -0.140. The van der Waals surface area contributed by atoms with E-state index in [1.807, 2.05) is 33.8 Å². The normalized spacial score (nSPS) is 12.0. The van der Waals surface area contributed by atoms with Crippen molar-refractivity contribution in [2.75, 3.05) is 25.1 Å². The number of halogens is 2. The minimum Gasteiger partial charge on any atom is -0.493 e. The molecule has 0 bridgehead atoms. The van der Waals surface area contributed by atoms with Crippen LogP contribution in [0.2, 0.25) is 10.0 Å². The smallest absolute Gasteiger partial charge is 0.264 e.